The van der Waals surface area contributed by atoms with Gasteiger partial charge in [0.2, 0.25) is 0 Å². The van der Waals surface area contributed by atoms with E-state index in [1.807, 2.05) is 12.1 Å². The third-order valence-corrected chi connectivity index (χ3v) is 3.52. The fourth-order valence-electron chi connectivity index (χ4n) is 2.18. The first-order valence-corrected chi connectivity index (χ1v) is 5.44. The molecule has 1 aliphatic rings. The quantitative estimate of drug-likeness (QED) is 0.823. The van der Waals surface area contributed by atoms with Crippen LogP contribution in [0.1, 0.15) is 31.9 Å². The summed E-state index contributed by atoms with van der Waals surface area (Å²) in [6, 6.07) is 8.26. The summed E-state index contributed by atoms with van der Waals surface area (Å²) in [5.74, 6) is 1.52. The molecule has 2 atom stereocenters. The van der Waals surface area contributed by atoms with Crippen molar-refractivity contribution >= 4 is 0 Å². The van der Waals surface area contributed by atoms with Crippen LogP contribution in [0.3, 0.4) is 0 Å². The van der Waals surface area contributed by atoms with Crippen LogP contribution in [0.5, 0.6) is 5.75 Å². The van der Waals surface area contributed by atoms with E-state index >= 15 is 0 Å². The van der Waals surface area contributed by atoms with Crippen LogP contribution in [0.25, 0.3) is 0 Å². The summed E-state index contributed by atoms with van der Waals surface area (Å²) in [4.78, 5) is 0. The Balaban J connectivity index is 2.10. The molecule has 2 nitrogen and oxygen atoms in total. The lowest BCUT2D eigenvalue weighted by Crippen LogP contribution is -2.15. The first-order valence-electron chi connectivity index (χ1n) is 5.44. The molecular weight excluding hydrogens is 186 g/mol. The van der Waals surface area contributed by atoms with Gasteiger partial charge in [0.05, 0.1) is 7.11 Å². The highest BCUT2D eigenvalue weighted by atomic mass is 16.5. The first-order chi connectivity index (χ1) is 7.04. The second-order valence-electron chi connectivity index (χ2n) is 5.10. The van der Waals surface area contributed by atoms with Crippen LogP contribution >= 0.6 is 0 Å². The molecule has 1 aliphatic carbocycles. The fourth-order valence-corrected chi connectivity index (χ4v) is 2.18. The maximum absolute atomic E-state index is 6.23. The topological polar surface area (TPSA) is 35.2 Å². The molecule has 1 saturated carbocycles. The van der Waals surface area contributed by atoms with Gasteiger partial charge in [-0.2, -0.15) is 0 Å². The molecule has 0 aromatic heterocycles. The highest BCUT2D eigenvalue weighted by Gasteiger charge is 2.49. The molecule has 1 fully saturated rings. The summed E-state index contributed by atoms with van der Waals surface area (Å²) in [7, 11) is 1.68. The molecule has 0 aliphatic heterocycles. The van der Waals surface area contributed by atoms with Gasteiger partial charge in [0.15, 0.2) is 0 Å². The molecule has 0 amide bonds. The molecule has 2 heteroatoms. The van der Waals surface area contributed by atoms with Crippen molar-refractivity contribution in [3.8, 4) is 5.75 Å². The molecular formula is C13H19NO. The van der Waals surface area contributed by atoms with Crippen LogP contribution in [0.2, 0.25) is 0 Å². The van der Waals surface area contributed by atoms with Gasteiger partial charge >= 0.3 is 0 Å². The third kappa shape index (κ3) is 2.00. The molecule has 0 spiro atoms. The van der Waals surface area contributed by atoms with Crippen molar-refractivity contribution in [2.75, 3.05) is 7.11 Å². The third-order valence-electron chi connectivity index (χ3n) is 3.52. The predicted molar refractivity (Wildman–Crippen MR) is 61.8 cm³/mol. The lowest BCUT2D eigenvalue weighted by atomic mass is 9.98. The van der Waals surface area contributed by atoms with Crippen LogP contribution in [-0.4, -0.2) is 7.11 Å². The van der Waals surface area contributed by atoms with Gasteiger partial charge in [0, 0.05) is 6.04 Å². The van der Waals surface area contributed by atoms with Crippen molar-refractivity contribution in [3.05, 3.63) is 29.8 Å². The normalized spacial score (nSPS) is 24.7. The van der Waals surface area contributed by atoms with Gasteiger partial charge in [-0.25, -0.2) is 0 Å². The van der Waals surface area contributed by atoms with Crippen molar-refractivity contribution < 1.29 is 4.74 Å². The molecule has 0 bridgehead atoms. The van der Waals surface area contributed by atoms with Gasteiger partial charge < -0.3 is 10.5 Å². The summed E-state index contributed by atoms with van der Waals surface area (Å²) in [5.41, 5.74) is 7.87. The van der Waals surface area contributed by atoms with E-state index in [0.717, 1.165) is 5.75 Å². The number of rotatable bonds is 3. The summed E-state index contributed by atoms with van der Waals surface area (Å²) in [6.45, 7) is 4.56. The van der Waals surface area contributed by atoms with Crippen LogP contribution in [0.15, 0.2) is 24.3 Å². The van der Waals surface area contributed by atoms with Crippen molar-refractivity contribution in [2.24, 2.45) is 17.1 Å². The van der Waals surface area contributed by atoms with Gasteiger partial charge in [0.1, 0.15) is 5.75 Å². The zero-order valence-corrected chi connectivity index (χ0v) is 9.66. The molecule has 2 N–H and O–H groups in total. The predicted octanol–water partition coefficient (Wildman–Crippen LogP) is 2.74. The van der Waals surface area contributed by atoms with Crippen molar-refractivity contribution in [3.63, 3.8) is 0 Å². The van der Waals surface area contributed by atoms with Gasteiger partial charge in [-0.1, -0.05) is 26.0 Å². The van der Waals surface area contributed by atoms with Gasteiger partial charge in [0.25, 0.3) is 0 Å². The molecule has 1 aromatic rings. The molecule has 0 heterocycles. The minimum atomic E-state index is 0.172. The number of methoxy groups -OCH3 is 1. The minimum absolute atomic E-state index is 0.172. The Morgan fingerprint density at radius 3 is 2.27 bits per heavy atom. The van der Waals surface area contributed by atoms with E-state index in [2.05, 4.69) is 26.0 Å². The second kappa shape index (κ2) is 3.53. The highest BCUT2D eigenvalue weighted by molar-refractivity contribution is 5.30. The SMILES string of the molecule is COc1ccc(C(N)C2CC2(C)C)cc1. The Morgan fingerprint density at radius 1 is 1.33 bits per heavy atom. The molecule has 15 heavy (non-hydrogen) atoms. The van der Waals surface area contributed by atoms with Crippen molar-refractivity contribution in [2.45, 2.75) is 26.3 Å². The van der Waals surface area contributed by atoms with Gasteiger partial charge in [-0.15, -0.1) is 0 Å². The molecule has 2 unspecified atom stereocenters. The minimum Gasteiger partial charge on any atom is -0.497 e. The number of hydrogen-bond acceptors (Lipinski definition) is 2. The number of hydrogen-bond donors (Lipinski definition) is 1. The molecule has 0 saturated heterocycles. The number of benzene rings is 1. The van der Waals surface area contributed by atoms with Gasteiger partial charge in [-0.05, 0) is 35.4 Å². The maximum atomic E-state index is 6.23. The van der Waals surface area contributed by atoms with Gasteiger partial charge in [-0.3, -0.25) is 0 Å². The monoisotopic (exact) mass is 205 g/mol. The molecule has 2 rings (SSSR count). The lowest BCUT2D eigenvalue weighted by molar-refractivity contribution is 0.414. The smallest absolute Gasteiger partial charge is 0.118 e. The Kier molecular flexibility index (Phi) is 2.47. The fraction of sp³-hybridized carbons (Fsp3) is 0.538. The van der Waals surface area contributed by atoms with Crippen LogP contribution in [-0.2, 0) is 0 Å². The first kappa shape index (κ1) is 10.5. The lowest BCUT2D eigenvalue weighted by Gasteiger charge is -2.14. The Bertz CT molecular complexity index is 342. The van der Waals surface area contributed by atoms with E-state index in [0.29, 0.717) is 11.3 Å². The van der Waals surface area contributed by atoms with Crippen LogP contribution < -0.4 is 10.5 Å². The Hall–Kier alpha value is -1.02. The summed E-state index contributed by atoms with van der Waals surface area (Å²) in [5, 5.41) is 0. The van der Waals surface area contributed by atoms with E-state index in [-0.39, 0.29) is 6.04 Å². The Labute approximate surface area is 91.4 Å². The maximum Gasteiger partial charge on any atom is 0.118 e. The van der Waals surface area contributed by atoms with Crippen molar-refractivity contribution in [1.29, 1.82) is 0 Å². The van der Waals surface area contributed by atoms with E-state index in [9.17, 15) is 0 Å². The average molecular weight is 205 g/mol. The van der Waals surface area contributed by atoms with E-state index in [1.54, 1.807) is 7.11 Å². The largest absolute Gasteiger partial charge is 0.497 e. The number of nitrogens with two attached hydrogens (primary N) is 1. The summed E-state index contributed by atoms with van der Waals surface area (Å²) < 4.78 is 5.13. The van der Waals surface area contributed by atoms with E-state index in [4.69, 9.17) is 10.5 Å². The summed E-state index contributed by atoms with van der Waals surface area (Å²) >= 11 is 0. The standard InChI is InChI=1S/C13H19NO/c1-13(2)8-11(13)12(14)9-4-6-10(15-3)7-5-9/h4-7,11-12H,8,14H2,1-3H3. The average Bonchev–Trinajstić information content (AvgIpc) is 2.87. The Morgan fingerprint density at radius 2 is 1.87 bits per heavy atom. The van der Waals surface area contributed by atoms with E-state index < -0.39 is 0 Å². The molecule has 1 aromatic carbocycles. The van der Waals surface area contributed by atoms with E-state index in [1.165, 1.54) is 12.0 Å². The summed E-state index contributed by atoms with van der Waals surface area (Å²) in [6.07, 6.45) is 1.24. The van der Waals surface area contributed by atoms with Crippen LogP contribution in [0, 0.1) is 11.3 Å². The highest BCUT2D eigenvalue weighted by Crippen LogP contribution is 2.56. The molecule has 82 valence electrons. The zero-order chi connectivity index (χ0) is 11.1. The second-order valence-corrected chi connectivity index (χ2v) is 5.10. The van der Waals surface area contributed by atoms with Crippen molar-refractivity contribution in [1.82, 2.24) is 0 Å². The molecule has 0 radical (unpaired) electrons. The zero-order valence-electron chi connectivity index (χ0n) is 9.66. The number of ether oxygens (including phenoxy) is 1. The van der Waals surface area contributed by atoms with Crippen LogP contribution in [0.4, 0.5) is 0 Å².